The van der Waals surface area contributed by atoms with Crippen molar-refractivity contribution in [2.45, 2.75) is 225 Å². The van der Waals surface area contributed by atoms with Gasteiger partial charge < -0.3 is 18.9 Å². The molecule has 0 bridgehead atoms. The summed E-state index contributed by atoms with van der Waals surface area (Å²) in [6, 6.07) is 0. The number of unbranched alkanes of at least 4 members (excludes halogenated alkanes) is 25. The minimum atomic E-state index is -4.38. The van der Waals surface area contributed by atoms with Gasteiger partial charge in [-0.25, -0.2) is 4.57 Å². The summed E-state index contributed by atoms with van der Waals surface area (Å²) in [5.41, 5.74) is 0. The van der Waals surface area contributed by atoms with E-state index in [1.54, 1.807) is 0 Å². The van der Waals surface area contributed by atoms with Gasteiger partial charge in [0.15, 0.2) is 6.10 Å². The molecule has 0 aliphatic rings. The van der Waals surface area contributed by atoms with Crippen LogP contribution in [0.25, 0.3) is 0 Å². The molecular formula is C50H95NO8P+. The van der Waals surface area contributed by atoms with Gasteiger partial charge in [0.2, 0.25) is 0 Å². The van der Waals surface area contributed by atoms with Crippen LogP contribution < -0.4 is 0 Å². The van der Waals surface area contributed by atoms with E-state index in [-0.39, 0.29) is 32.0 Å². The quantitative estimate of drug-likeness (QED) is 0.0212. The Labute approximate surface area is 370 Å². The number of nitrogens with zero attached hydrogens (tertiary/aromatic N) is 1. The number of phosphoric acid groups is 1. The standard InChI is InChI=1S/C50H94NO8P/c1-6-8-10-12-14-16-18-20-22-24-25-27-29-31-33-35-37-39-41-43-50(53)59-48(47-58-60(54,55)57-45-44-51(3,4)5)46-56-49(52)42-40-38-36-34-32-30-28-26-23-21-19-17-15-13-11-9-7-2/h14,16,20-23,48H,6-13,15,17-19,24-47H2,1-5H3/p+1/b16-14-,22-20-,23-21-. The summed E-state index contributed by atoms with van der Waals surface area (Å²) < 4.78 is 34.4. The SMILES string of the molecule is CCCCC/C=C\C/C=C\CCCCCCCCCCCC(=O)OC(COC(=O)CCCCCCCCC/C=C\CCCCCCCC)COP(=O)(O)OCC[N+](C)(C)C. The molecule has 0 spiro atoms. The fraction of sp³-hybridized carbons (Fsp3) is 0.840. The molecular weight excluding hydrogens is 774 g/mol. The average molecular weight is 869 g/mol. The fourth-order valence-corrected chi connectivity index (χ4v) is 7.49. The third-order valence-corrected chi connectivity index (χ3v) is 11.6. The lowest BCUT2D eigenvalue weighted by atomic mass is 10.1. The van der Waals surface area contributed by atoms with Crippen LogP contribution in [0.5, 0.6) is 0 Å². The van der Waals surface area contributed by atoms with Crippen LogP contribution in [0.4, 0.5) is 0 Å². The zero-order valence-electron chi connectivity index (χ0n) is 39.7. The maximum Gasteiger partial charge on any atom is 0.472 e. The summed E-state index contributed by atoms with van der Waals surface area (Å²) in [4.78, 5) is 35.5. The predicted octanol–water partition coefficient (Wildman–Crippen LogP) is 14.5. The monoisotopic (exact) mass is 869 g/mol. The van der Waals surface area contributed by atoms with E-state index in [9.17, 15) is 19.0 Å². The van der Waals surface area contributed by atoms with E-state index in [1.165, 1.54) is 135 Å². The number of quaternary nitrogens is 1. The highest BCUT2D eigenvalue weighted by molar-refractivity contribution is 7.47. The largest absolute Gasteiger partial charge is 0.472 e. The molecule has 10 heteroatoms. The van der Waals surface area contributed by atoms with Gasteiger partial charge in [-0.05, 0) is 70.6 Å². The van der Waals surface area contributed by atoms with Crippen LogP contribution >= 0.6 is 7.82 Å². The Morgan fingerprint density at radius 3 is 1.37 bits per heavy atom. The summed E-state index contributed by atoms with van der Waals surface area (Å²) in [5, 5.41) is 0. The van der Waals surface area contributed by atoms with Gasteiger partial charge in [-0.2, -0.15) is 0 Å². The number of ether oxygens (including phenoxy) is 2. The Hall–Kier alpha value is -1.77. The van der Waals surface area contributed by atoms with Gasteiger partial charge in [0.25, 0.3) is 0 Å². The van der Waals surface area contributed by atoms with Gasteiger partial charge in [0.05, 0.1) is 27.7 Å². The Kier molecular flexibility index (Phi) is 41.3. The van der Waals surface area contributed by atoms with E-state index in [0.29, 0.717) is 17.4 Å². The van der Waals surface area contributed by atoms with E-state index in [0.717, 1.165) is 51.4 Å². The molecule has 352 valence electrons. The van der Waals surface area contributed by atoms with E-state index >= 15 is 0 Å². The average Bonchev–Trinajstić information content (AvgIpc) is 3.20. The van der Waals surface area contributed by atoms with Crippen molar-refractivity contribution in [3.63, 3.8) is 0 Å². The number of hydrogen-bond donors (Lipinski definition) is 1. The molecule has 0 saturated heterocycles. The second kappa shape index (κ2) is 42.5. The lowest BCUT2D eigenvalue weighted by Gasteiger charge is -2.24. The fourth-order valence-electron chi connectivity index (χ4n) is 6.75. The molecule has 0 aromatic rings. The first-order chi connectivity index (χ1) is 29.0. The first kappa shape index (κ1) is 58.2. The van der Waals surface area contributed by atoms with Gasteiger partial charge >= 0.3 is 19.8 Å². The van der Waals surface area contributed by atoms with E-state index in [2.05, 4.69) is 50.3 Å². The van der Waals surface area contributed by atoms with Crippen molar-refractivity contribution in [1.29, 1.82) is 0 Å². The maximum atomic E-state index is 12.7. The van der Waals surface area contributed by atoms with Gasteiger partial charge in [0.1, 0.15) is 19.8 Å². The van der Waals surface area contributed by atoms with Gasteiger partial charge in [-0.3, -0.25) is 18.6 Å². The predicted molar refractivity (Wildman–Crippen MR) is 252 cm³/mol. The first-order valence-electron chi connectivity index (χ1n) is 24.7. The number of allylic oxidation sites excluding steroid dienone is 6. The number of carbonyl (C=O) groups is 2. The Bertz CT molecular complexity index is 1120. The van der Waals surface area contributed by atoms with Crippen molar-refractivity contribution in [3.8, 4) is 0 Å². The summed E-state index contributed by atoms with van der Waals surface area (Å²) in [5.74, 6) is -0.803. The first-order valence-corrected chi connectivity index (χ1v) is 26.2. The smallest absolute Gasteiger partial charge is 0.462 e. The van der Waals surface area contributed by atoms with Gasteiger partial charge in [-0.15, -0.1) is 0 Å². The second-order valence-electron chi connectivity index (χ2n) is 17.8. The van der Waals surface area contributed by atoms with Crippen LogP contribution in [0, 0.1) is 0 Å². The zero-order chi connectivity index (χ0) is 44.3. The molecule has 0 rings (SSSR count). The minimum absolute atomic E-state index is 0.0303. The highest BCUT2D eigenvalue weighted by Crippen LogP contribution is 2.43. The lowest BCUT2D eigenvalue weighted by Crippen LogP contribution is -2.37. The zero-order valence-corrected chi connectivity index (χ0v) is 40.6. The molecule has 2 unspecified atom stereocenters. The summed E-state index contributed by atoms with van der Waals surface area (Å²) in [6.07, 6.45) is 49.0. The van der Waals surface area contributed by atoms with Crippen molar-refractivity contribution >= 4 is 19.8 Å². The van der Waals surface area contributed by atoms with Crippen molar-refractivity contribution in [2.24, 2.45) is 0 Å². The topological polar surface area (TPSA) is 108 Å². The molecule has 0 amide bonds. The lowest BCUT2D eigenvalue weighted by molar-refractivity contribution is -0.870. The molecule has 2 atom stereocenters. The van der Waals surface area contributed by atoms with E-state index < -0.39 is 26.5 Å². The van der Waals surface area contributed by atoms with Crippen LogP contribution in [0.3, 0.4) is 0 Å². The maximum absolute atomic E-state index is 12.7. The summed E-state index contributed by atoms with van der Waals surface area (Å²) >= 11 is 0. The van der Waals surface area contributed by atoms with Crippen molar-refractivity contribution in [2.75, 3.05) is 47.5 Å². The van der Waals surface area contributed by atoms with E-state index in [1.807, 2.05) is 21.1 Å². The van der Waals surface area contributed by atoms with Crippen LogP contribution in [-0.2, 0) is 32.7 Å². The molecule has 1 N–H and O–H groups in total. The number of carbonyl (C=O) groups excluding carboxylic acids is 2. The number of rotatable bonds is 45. The second-order valence-corrected chi connectivity index (χ2v) is 19.3. The number of phosphoric ester groups is 1. The molecule has 0 aliphatic carbocycles. The van der Waals surface area contributed by atoms with E-state index in [4.69, 9.17) is 18.5 Å². The van der Waals surface area contributed by atoms with Crippen molar-refractivity contribution in [1.82, 2.24) is 0 Å². The highest BCUT2D eigenvalue weighted by Gasteiger charge is 2.27. The van der Waals surface area contributed by atoms with Crippen LogP contribution in [0.1, 0.15) is 219 Å². The van der Waals surface area contributed by atoms with Crippen molar-refractivity contribution in [3.05, 3.63) is 36.5 Å². The molecule has 9 nitrogen and oxygen atoms in total. The number of esters is 2. The molecule has 60 heavy (non-hydrogen) atoms. The van der Waals surface area contributed by atoms with Gasteiger partial charge in [0, 0.05) is 12.8 Å². The molecule has 0 aliphatic heterocycles. The Morgan fingerprint density at radius 2 is 0.900 bits per heavy atom. The summed E-state index contributed by atoms with van der Waals surface area (Å²) in [6.45, 7) is 4.41. The minimum Gasteiger partial charge on any atom is -0.462 e. The van der Waals surface area contributed by atoms with Crippen molar-refractivity contribution < 1.29 is 42.1 Å². The third kappa shape index (κ3) is 45.7. The summed E-state index contributed by atoms with van der Waals surface area (Å²) in [7, 11) is 1.47. The molecule has 0 aromatic carbocycles. The van der Waals surface area contributed by atoms with Gasteiger partial charge in [-0.1, -0.05) is 172 Å². The third-order valence-electron chi connectivity index (χ3n) is 10.6. The van der Waals surface area contributed by atoms with Crippen LogP contribution in [-0.4, -0.2) is 74.9 Å². The molecule has 0 saturated carbocycles. The Balaban J connectivity index is 4.29. The molecule has 0 radical (unpaired) electrons. The van der Waals surface area contributed by atoms with Crippen LogP contribution in [0.15, 0.2) is 36.5 Å². The highest BCUT2D eigenvalue weighted by atomic mass is 31.2. The molecule has 0 heterocycles. The van der Waals surface area contributed by atoms with Crippen LogP contribution in [0.2, 0.25) is 0 Å². The Morgan fingerprint density at radius 1 is 0.517 bits per heavy atom. The number of likely N-dealkylation sites (N-methyl/N-ethyl adjacent to an activating group) is 1. The molecule has 0 fully saturated rings. The normalized spacial score (nSPS) is 13.8. The number of hydrogen-bond acceptors (Lipinski definition) is 7. The molecule has 0 aromatic heterocycles.